The van der Waals surface area contributed by atoms with Crippen molar-refractivity contribution < 1.29 is 18.0 Å². The van der Waals surface area contributed by atoms with Crippen molar-refractivity contribution in [2.75, 3.05) is 11.4 Å². The second-order valence-electron chi connectivity index (χ2n) is 9.23. The van der Waals surface area contributed by atoms with Gasteiger partial charge in [-0.25, -0.2) is 17.8 Å². The first kappa shape index (κ1) is 27.2. The quantitative estimate of drug-likeness (QED) is 0.393. The molecule has 0 radical (unpaired) electrons. The fraction of sp³-hybridized carbons (Fsp3) is 0.370. The lowest BCUT2D eigenvalue weighted by Crippen LogP contribution is -2.46. The highest BCUT2D eigenvalue weighted by molar-refractivity contribution is 7.93. The van der Waals surface area contributed by atoms with E-state index in [0.717, 1.165) is 37.5 Å². The predicted molar refractivity (Wildman–Crippen MR) is 144 cm³/mol. The van der Waals surface area contributed by atoms with E-state index < -0.39 is 27.8 Å². The fourth-order valence-electron chi connectivity index (χ4n) is 4.67. The molecule has 1 N–H and O–H groups in total. The van der Waals surface area contributed by atoms with Gasteiger partial charge in [-0.1, -0.05) is 67.8 Å². The molecule has 11 heteroatoms. The molecule has 0 saturated heterocycles. The molecule has 10 nitrogen and oxygen atoms in total. The van der Waals surface area contributed by atoms with E-state index in [0.29, 0.717) is 23.6 Å². The molecule has 0 aliphatic heterocycles. The van der Waals surface area contributed by atoms with Crippen molar-refractivity contribution in [2.24, 2.45) is 5.92 Å². The number of anilines is 1. The summed E-state index contributed by atoms with van der Waals surface area (Å²) in [6, 6.07) is 17.9. The number of aromatic nitrogens is 4. The molecule has 1 fully saturated rings. The van der Waals surface area contributed by atoms with Crippen molar-refractivity contribution in [3.05, 3.63) is 77.5 Å². The Hall–Kier alpha value is -3.86. The lowest BCUT2D eigenvalue weighted by Gasteiger charge is -2.26. The molecule has 0 bridgehead atoms. The van der Waals surface area contributed by atoms with Crippen molar-refractivity contribution in [3.63, 3.8) is 0 Å². The lowest BCUT2D eigenvalue weighted by atomic mass is 9.95. The minimum Gasteiger partial charge on any atom is -0.312 e. The number of carbonyl (C=O) groups is 2. The molecule has 1 aliphatic rings. The molecule has 4 rings (SSSR count). The average Bonchev–Trinajstić information content (AvgIpc) is 3.41. The van der Waals surface area contributed by atoms with Gasteiger partial charge in [-0.3, -0.25) is 9.59 Å². The van der Waals surface area contributed by atoms with Crippen LogP contribution in [0.15, 0.2) is 66.1 Å². The molecule has 2 amide bonds. The number of nitrogens with zero attached hydrogens (tertiary/aromatic N) is 5. The number of sulfonamides is 1. The monoisotopic (exact) mass is 536 g/mol. The number of tetrazole rings is 1. The maximum Gasteiger partial charge on any atom is 0.257 e. The smallest absolute Gasteiger partial charge is 0.257 e. The third kappa shape index (κ3) is 6.91. The molecule has 1 saturated carbocycles. The molecule has 1 atom stereocenters. The summed E-state index contributed by atoms with van der Waals surface area (Å²) in [6.45, 7) is 2.09. The minimum absolute atomic E-state index is 0.0847. The van der Waals surface area contributed by atoms with Crippen molar-refractivity contribution in [1.29, 1.82) is 0 Å². The zero-order valence-electron chi connectivity index (χ0n) is 21.3. The van der Waals surface area contributed by atoms with Crippen LogP contribution in [0.1, 0.15) is 56.5 Å². The zero-order chi connectivity index (χ0) is 27.0. The molecule has 1 aromatic heterocycles. The Morgan fingerprint density at radius 3 is 2.37 bits per heavy atom. The molecular formula is C27H32N6O4S. The van der Waals surface area contributed by atoms with E-state index in [4.69, 9.17) is 0 Å². The van der Waals surface area contributed by atoms with Gasteiger partial charge in [0.25, 0.3) is 10.0 Å². The molecule has 1 unspecified atom stereocenters. The van der Waals surface area contributed by atoms with Crippen LogP contribution in [0.3, 0.4) is 0 Å². The van der Waals surface area contributed by atoms with E-state index in [2.05, 4.69) is 20.2 Å². The summed E-state index contributed by atoms with van der Waals surface area (Å²) < 4.78 is 29.3. The van der Waals surface area contributed by atoms with Gasteiger partial charge in [0.05, 0.1) is 11.4 Å². The number of para-hydroxylation sites is 1. The molecule has 1 heterocycles. The van der Waals surface area contributed by atoms with Crippen molar-refractivity contribution in [3.8, 4) is 0 Å². The van der Waals surface area contributed by atoms with E-state index in [9.17, 15) is 18.0 Å². The van der Waals surface area contributed by atoms with Crippen LogP contribution < -0.4 is 9.62 Å². The van der Waals surface area contributed by atoms with Gasteiger partial charge >= 0.3 is 0 Å². The SMILES string of the molecule is CCN(C(=O)C(Cc1nnnn1C1CCCCC1)C(=O)NS(=O)(=O)C=Cc1ccccc1)c1ccccc1. The van der Waals surface area contributed by atoms with Crippen LogP contribution in [0.2, 0.25) is 0 Å². The van der Waals surface area contributed by atoms with Crippen molar-refractivity contribution in [2.45, 2.75) is 51.5 Å². The zero-order valence-corrected chi connectivity index (χ0v) is 22.1. The van der Waals surface area contributed by atoms with Crippen LogP contribution >= 0.6 is 0 Å². The largest absolute Gasteiger partial charge is 0.312 e. The molecule has 0 spiro atoms. The van der Waals surface area contributed by atoms with Crippen molar-refractivity contribution in [1.82, 2.24) is 24.9 Å². The summed E-state index contributed by atoms with van der Waals surface area (Å²) in [7, 11) is -4.17. The second-order valence-corrected chi connectivity index (χ2v) is 10.8. The number of amides is 2. The standard InChI is InChI=1S/C27H32N6O4S/c1-2-32(22-14-8-4-9-15-22)27(35)24(20-25-28-30-31-33(25)23-16-10-5-11-17-23)26(34)29-38(36,37)19-18-21-12-6-3-7-13-21/h3-4,6-9,12-15,18-19,23-24H,2,5,10-11,16-17,20H2,1H3,(H,29,34). The number of rotatable bonds is 10. The first-order chi connectivity index (χ1) is 18.4. The maximum absolute atomic E-state index is 13.8. The molecule has 3 aromatic rings. The molecule has 1 aliphatic carbocycles. The lowest BCUT2D eigenvalue weighted by molar-refractivity contribution is -0.132. The number of hydrogen-bond donors (Lipinski definition) is 1. The summed E-state index contributed by atoms with van der Waals surface area (Å²) >= 11 is 0. The Bertz CT molecular complexity index is 1350. The highest BCUT2D eigenvalue weighted by Crippen LogP contribution is 2.28. The summed E-state index contributed by atoms with van der Waals surface area (Å²) in [4.78, 5) is 28.7. The van der Waals surface area contributed by atoms with Gasteiger partial charge in [-0.05, 0) is 54.0 Å². The maximum atomic E-state index is 13.8. The molecular weight excluding hydrogens is 504 g/mol. The molecule has 2 aromatic carbocycles. The summed E-state index contributed by atoms with van der Waals surface area (Å²) in [5.41, 5.74) is 1.27. The van der Waals surface area contributed by atoms with Crippen LogP contribution in [0.4, 0.5) is 5.69 Å². The Kier molecular flexibility index (Phi) is 9.01. The van der Waals surface area contributed by atoms with Gasteiger partial charge in [-0.15, -0.1) is 5.10 Å². The number of benzene rings is 2. The third-order valence-corrected chi connectivity index (χ3v) is 7.60. The minimum atomic E-state index is -4.17. The summed E-state index contributed by atoms with van der Waals surface area (Å²) in [5, 5.41) is 13.0. The van der Waals surface area contributed by atoms with Crippen molar-refractivity contribution >= 4 is 33.6 Å². The van der Waals surface area contributed by atoms with Crippen LogP contribution in [0.25, 0.3) is 6.08 Å². The Balaban J connectivity index is 1.61. The third-order valence-electron chi connectivity index (χ3n) is 6.62. The van der Waals surface area contributed by atoms with Crippen LogP contribution in [-0.4, -0.2) is 47.0 Å². The Morgan fingerprint density at radius 2 is 1.71 bits per heavy atom. The Labute approximate surface area is 222 Å². The van der Waals surface area contributed by atoms with Gasteiger partial charge in [0.15, 0.2) is 5.82 Å². The number of carbonyl (C=O) groups excluding carboxylic acids is 2. The van der Waals surface area contributed by atoms with E-state index >= 15 is 0 Å². The fourth-order valence-corrected chi connectivity index (χ4v) is 5.50. The highest BCUT2D eigenvalue weighted by atomic mass is 32.2. The number of nitrogens with one attached hydrogen (secondary N) is 1. The second kappa shape index (κ2) is 12.6. The predicted octanol–water partition coefficient (Wildman–Crippen LogP) is 3.51. The molecule has 38 heavy (non-hydrogen) atoms. The van der Waals surface area contributed by atoms with Crippen LogP contribution in [-0.2, 0) is 26.0 Å². The normalized spacial score (nSPS) is 15.3. The van der Waals surface area contributed by atoms with Gasteiger partial charge in [0, 0.05) is 18.7 Å². The van der Waals surface area contributed by atoms with E-state index in [1.807, 2.05) is 12.1 Å². The van der Waals surface area contributed by atoms with Crippen LogP contribution in [0, 0.1) is 5.92 Å². The van der Waals surface area contributed by atoms with Gasteiger partial charge in [0.2, 0.25) is 11.8 Å². The first-order valence-corrected chi connectivity index (χ1v) is 14.4. The van der Waals surface area contributed by atoms with E-state index in [-0.39, 0.29) is 12.5 Å². The summed E-state index contributed by atoms with van der Waals surface area (Å²) in [6.07, 6.45) is 6.33. The highest BCUT2D eigenvalue weighted by Gasteiger charge is 2.35. The van der Waals surface area contributed by atoms with E-state index in [1.165, 1.54) is 11.0 Å². The van der Waals surface area contributed by atoms with Gasteiger partial charge in [0.1, 0.15) is 5.92 Å². The summed E-state index contributed by atoms with van der Waals surface area (Å²) in [5.74, 6) is -2.44. The topological polar surface area (TPSA) is 127 Å². The average molecular weight is 537 g/mol. The van der Waals surface area contributed by atoms with Gasteiger partial charge in [-0.2, -0.15) is 0 Å². The Morgan fingerprint density at radius 1 is 1.05 bits per heavy atom. The van der Waals surface area contributed by atoms with E-state index in [1.54, 1.807) is 60.1 Å². The van der Waals surface area contributed by atoms with Gasteiger partial charge < -0.3 is 4.90 Å². The molecule has 200 valence electrons. The van der Waals surface area contributed by atoms with Crippen LogP contribution in [0.5, 0.6) is 0 Å². The number of hydrogen-bond acceptors (Lipinski definition) is 7. The first-order valence-electron chi connectivity index (χ1n) is 12.8.